The molecule has 2 N–H and O–H groups in total. The Morgan fingerprint density at radius 2 is 2.00 bits per heavy atom. The summed E-state index contributed by atoms with van der Waals surface area (Å²) in [6.45, 7) is 6.05. The van der Waals surface area contributed by atoms with Crippen LogP contribution in [0.3, 0.4) is 0 Å². The first-order valence-electron chi connectivity index (χ1n) is 7.36. The number of hydrogen-bond donors (Lipinski definition) is 2. The van der Waals surface area contributed by atoms with E-state index in [9.17, 15) is 9.90 Å². The molecule has 0 aliphatic carbocycles. The fourth-order valence-corrected chi connectivity index (χ4v) is 3.44. The van der Waals surface area contributed by atoms with Crippen molar-refractivity contribution < 1.29 is 14.6 Å². The first kappa shape index (κ1) is 17.1. The molecule has 0 saturated carbocycles. The van der Waals surface area contributed by atoms with Crippen LogP contribution in [0, 0.1) is 6.92 Å². The van der Waals surface area contributed by atoms with E-state index >= 15 is 0 Å². The van der Waals surface area contributed by atoms with Gasteiger partial charge in [0.1, 0.15) is 5.58 Å². The summed E-state index contributed by atoms with van der Waals surface area (Å²) >= 11 is 1.49. The highest BCUT2D eigenvalue weighted by atomic mass is 32.2. The van der Waals surface area contributed by atoms with Crippen molar-refractivity contribution in [2.24, 2.45) is 0 Å². The maximum absolute atomic E-state index is 11.7. The van der Waals surface area contributed by atoms with Gasteiger partial charge in [-0.3, -0.25) is 0 Å². The highest BCUT2D eigenvalue weighted by Crippen LogP contribution is 2.28. The van der Waals surface area contributed by atoms with E-state index in [1.807, 2.05) is 13.0 Å². The van der Waals surface area contributed by atoms with E-state index in [1.165, 1.54) is 23.4 Å². The number of thioether (sulfide) groups is 1. The van der Waals surface area contributed by atoms with Crippen molar-refractivity contribution in [3.63, 3.8) is 0 Å². The van der Waals surface area contributed by atoms with Crippen molar-refractivity contribution in [1.82, 2.24) is 0 Å². The van der Waals surface area contributed by atoms with Crippen LogP contribution in [0.25, 0.3) is 11.0 Å². The van der Waals surface area contributed by atoms with E-state index in [-0.39, 0.29) is 12.2 Å². The second-order valence-corrected chi connectivity index (χ2v) is 6.83. The van der Waals surface area contributed by atoms with Crippen LogP contribution in [0.4, 0.5) is 0 Å². The Labute approximate surface area is 134 Å². The van der Waals surface area contributed by atoms with Crippen LogP contribution >= 0.6 is 11.8 Å². The van der Waals surface area contributed by atoms with E-state index in [4.69, 9.17) is 9.52 Å². The summed E-state index contributed by atoms with van der Waals surface area (Å²) in [6, 6.07) is 5.53. The third kappa shape index (κ3) is 3.91. The number of fused-ring (bicyclic) bond motifs is 1. The summed E-state index contributed by atoms with van der Waals surface area (Å²) in [6.07, 6.45) is -0.732. The zero-order valence-corrected chi connectivity index (χ0v) is 13.9. The molecule has 0 aliphatic rings. The van der Waals surface area contributed by atoms with Gasteiger partial charge in [-0.25, -0.2) is 4.79 Å². The highest BCUT2D eigenvalue weighted by molar-refractivity contribution is 7.98. The predicted molar refractivity (Wildman–Crippen MR) is 90.6 cm³/mol. The van der Waals surface area contributed by atoms with Crippen LogP contribution in [0.1, 0.15) is 36.5 Å². The average Bonchev–Trinajstić information content (AvgIpc) is 2.45. The number of aliphatic hydroxyl groups is 2. The van der Waals surface area contributed by atoms with Gasteiger partial charge in [0.2, 0.25) is 0 Å². The molecule has 0 saturated heterocycles. The number of rotatable bonds is 6. The van der Waals surface area contributed by atoms with Gasteiger partial charge < -0.3 is 14.6 Å². The lowest BCUT2D eigenvalue weighted by Gasteiger charge is -2.13. The molecule has 5 heteroatoms. The number of aryl methyl sites for hydroxylation is 1. The zero-order valence-electron chi connectivity index (χ0n) is 13.1. The molecule has 1 heterocycles. The van der Waals surface area contributed by atoms with E-state index < -0.39 is 6.10 Å². The van der Waals surface area contributed by atoms with Gasteiger partial charge in [0.25, 0.3) is 0 Å². The van der Waals surface area contributed by atoms with Crippen molar-refractivity contribution in [2.45, 2.75) is 38.5 Å². The molecule has 0 radical (unpaired) electrons. The highest BCUT2D eigenvalue weighted by Gasteiger charge is 2.12. The summed E-state index contributed by atoms with van der Waals surface area (Å²) in [5.41, 5.74) is 3.51. The van der Waals surface area contributed by atoms with Gasteiger partial charge in [-0.1, -0.05) is 13.8 Å². The Hall–Kier alpha value is -1.30. The molecule has 2 aromatic rings. The van der Waals surface area contributed by atoms with Gasteiger partial charge in [-0.2, -0.15) is 11.8 Å². The first-order valence-corrected chi connectivity index (χ1v) is 8.51. The van der Waals surface area contributed by atoms with Gasteiger partial charge in [0.15, 0.2) is 0 Å². The third-order valence-corrected chi connectivity index (χ3v) is 4.75. The van der Waals surface area contributed by atoms with E-state index in [0.29, 0.717) is 23.0 Å². The normalized spacial score (nSPS) is 13.0. The molecule has 0 fully saturated rings. The van der Waals surface area contributed by atoms with Crippen molar-refractivity contribution in [2.75, 3.05) is 12.4 Å². The van der Waals surface area contributed by atoms with Gasteiger partial charge in [0.05, 0.1) is 12.7 Å². The van der Waals surface area contributed by atoms with Crippen LogP contribution in [0.5, 0.6) is 0 Å². The summed E-state index contributed by atoms with van der Waals surface area (Å²) in [5.74, 6) is 1.42. The van der Waals surface area contributed by atoms with Crippen molar-refractivity contribution >= 4 is 22.7 Å². The topological polar surface area (TPSA) is 70.7 Å². The number of benzene rings is 1. The minimum atomic E-state index is -0.732. The third-order valence-electron chi connectivity index (χ3n) is 3.62. The standard InChI is InChI=1S/C17H22O4S/c1-10(2)14-6-15-12(8-22-9-13(19)7-18)5-17(20)21-16(15)4-11(14)3/h4-6,10,13,18-19H,7-9H2,1-3H3. The van der Waals surface area contributed by atoms with Crippen molar-refractivity contribution in [3.8, 4) is 0 Å². The molecule has 2 rings (SSSR count). The number of aliphatic hydroxyl groups excluding tert-OH is 2. The van der Waals surface area contributed by atoms with Gasteiger partial charge in [-0.05, 0) is 41.7 Å². The monoisotopic (exact) mass is 322 g/mol. The fraction of sp³-hybridized carbons (Fsp3) is 0.471. The quantitative estimate of drug-likeness (QED) is 0.800. The molecular weight excluding hydrogens is 300 g/mol. The Balaban J connectivity index is 2.39. The Morgan fingerprint density at radius 1 is 1.27 bits per heavy atom. The first-order chi connectivity index (χ1) is 10.4. The predicted octanol–water partition coefficient (Wildman–Crippen LogP) is 2.81. The number of hydrogen-bond acceptors (Lipinski definition) is 5. The minimum absolute atomic E-state index is 0.249. The van der Waals surface area contributed by atoms with E-state index in [1.54, 1.807) is 0 Å². The molecule has 0 bridgehead atoms. The zero-order chi connectivity index (χ0) is 16.3. The molecule has 4 nitrogen and oxygen atoms in total. The average molecular weight is 322 g/mol. The van der Waals surface area contributed by atoms with Crippen molar-refractivity contribution in [3.05, 3.63) is 45.3 Å². The lowest BCUT2D eigenvalue weighted by atomic mass is 9.95. The molecule has 0 spiro atoms. The van der Waals surface area contributed by atoms with E-state index in [2.05, 4.69) is 19.9 Å². The molecule has 1 aromatic carbocycles. The van der Waals surface area contributed by atoms with Gasteiger partial charge >= 0.3 is 5.63 Å². The van der Waals surface area contributed by atoms with Crippen LogP contribution in [0.15, 0.2) is 27.4 Å². The van der Waals surface area contributed by atoms with Crippen LogP contribution in [0.2, 0.25) is 0 Å². The van der Waals surface area contributed by atoms with Gasteiger partial charge in [-0.15, -0.1) is 0 Å². The van der Waals surface area contributed by atoms with Gasteiger partial charge in [0, 0.05) is 23.0 Å². The Morgan fingerprint density at radius 3 is 2.64 bits per heavy atom. The minimum Gasteiger partial charge on any atom is -0.423 e. The summed E-state index contributed by atoms with van der Waals surface area (Å²) in [5, 5.41) is 19.2. The molecule has 1 unspecified atom stereocenters. The molecule has 120 valence electrons. The van der Waals surface area contributed by atoms with Crippen LogP contribution in [-0.2, 0) is 5.75 Å². The SMILES string of the molecule is Cc1cc2oc(=O)cc(CSCC(O)CO)c2cc1C(C)C. The molecule has 1 atom stereocenters. The molecule has 0 aliphatic heterocycles. The largest absolute Gasteiger partial charge is 0.423 e. The smallest absolute Gasteiger partial charge is 0.336 e. The molecular formula is C17H22O4S. The maximum Gasteiger partial charge on any atom is 0.336 e. The van der Waals surface area contributed by atoms with Crippen LogP contribution < -0.4 is 5.63 Å². The molecule has 1 aromatic heterocycles. The van der Waals surface area contributed by atoms with Crippen LogP contribution in [-0.4, -0.2) is 28.7 Å². The Bertz CT molecular complexity index is 706. The maximum atomic E-state index is 11.7. The summed E-state index contributed by atoms with van der Waals surface area (Å²) in [7, 11) is 0. The molecule has 22 heavy (non-hydrogen) atoms. The van der Waals surface area contributed by atoms with E-state index in [0.717, 1.165) is 16.5 Å². The molecule has 0 amide bonds. The second-order valence-electron chi connectivity index (χ2n) is 5.80. The second kappa shape index (κ2) is 7.31. The fourth-order valence-electron chi connectivity index (χ4n) is 2.49. The van der Waals surface area contributed by atoms with Crippen molar-refractivity contribution in [1.29, 1.82) is 0 Å². The summed E-state index contributed by atoms with van der Waals surface area (Å²) in [4.78, 5) is 11.7. The lowest BCUT2D eigenvalue weighted by molar-refractivity contribution is 0.113. The Kier molecular flexibility index (Phi) is 5.67. The summed E-state index contributed by atoms with van der Waals surface area (Å²) < 4.78 is 5.31. The lowest BCUT2D eigenvalue weighted by Crippen LogP contribution is -2.14.